The second-order valence-electron chi connectivity index (χ2n) is 4.88. The molecule has 0 bridgehead atoms. The second kappa shape index (κ2) is 8.38. The van der Waals surface area contributed by atoms with Crippen LogP contribution in [-0.4, -0.2) is 29.1 Å². The van der Waals surface area contributed by atoms with Gasteiger partial charge in [-0.2, -0.15) is 24.9 Å². The number of hydrogen-bond donors (Lipinski definition) is 2. The summed E-state index contributed by atoms with van der Waals surface area (Å²) in [6.07, 6.45) is -4.67. The summed E-state index contributed by atoms with van der Waals surface area (Å²) >= 11 is 1.29. The van der Waals surface area contributed by atoms with Crippen LogP contribution in [0.5, 0.6) is 0 Å². The molecular weight excluding hydrogens is 322 g/mol. The molecule has 124 valence electrons. The molecule has 1 rings (SSSR count). The van der Waals surface area contributed by atoms with Crippen LogP contribution in [0.3, 0.4) is 0 Å². The summed E-state index contributed by atoms with van der Waals surface area (Å²) in [4.78, 5) is 11.6. The lowest BCUT2D eigenvalue weighted by Crippen LogP contribution is -2.26. The van der Waals surface area contributed by atoms with E-state index in [0.717, 1.165) is 12.1 Å². The first-order valence-corrected chi connectivity index (χ1v) is 7.70. The molecule has 0 saturated carbocycles. The van der Waals surface area contributed by atoms with Crippen LogP contribution < -0.4 is 5.32 Å². The number of aliphatic hydroxyl groups is 1. The Balaban J connectivity index is 2.56. The van der Waals surface area contributed by atoms with Gasteiger partial charge >= 0.3 is 6.18 Å². The molecule has 2 N–H and O–H groups in total. The quantitative estimate of drug-likeness (QED) is 0.751. The number of thioether (sulfide) groups is 1. The van der Waals surface area contributed by atoms with Gasteiger partial charge in [-0.05, 0) is 29.4 Å². The van der Waals surface area contributed by atoms with Crippen LogP contribution in [0.25, 0.3) is 0 Å². The van der Waals surface area contributed by atoms with Crippen molar-refractivity contribution in [1.82, 2.24) is 5.32 Å². The first-order valence-electron chi connectivity index (χ1n) is 6.55. The van der Waals surface area contributed by atoms with Crippen molar-refractivity contribution in [2.75, 3.05) is 18.1 Å². The Morgan fingerprint density at radius 1 is 1.41 bits per heavy atom. The normalized spacial score (nSPS) is 13.0. The van der Waals surface area contributed by atoms with Gasteiger partial charge in [-0.3, -0.25) is 4.79 Å². The molecule has 22 heavy (non-hydrogen) atoms. The predicted octanol–water partition coefficient (Wildman–Crippen LogP) is 2.82. The summed E-state index contributed by atoms with van der Waals surface area (Å²) in [7, 11) is 0. The van der Waals surface area contributed by atoms with Crippen molar-refractivity contribution in [3.05, 3.63) is 35.1 Å². The van der Waals surface area contributed by atoms with Crippen molar-refractivity contribution in [3.8, 4) is 0 Å². The lowest BCUT2D eigenvalue weighted by molar-refractivity contribution is -0.138. The van der Waals surface area contributed by atoms with Crippen molar-refractivity contribution in [3.63, 3.8) is 0 Å². The third-order valence-corrected chi connectivity index (χ3v) is 4.07. The van der Waals surface area contributed by atoms with Crippen LogP contribution in [0, 0.1) is 11.7 Å². The summed E-state index contributed by atoms with van der Waals surface area (Å²) in [6.45, 7) is 1.52. The summed E-state index contributed by atoms with van der Waals surface area (Å²) < 4.78 is 51.3. The van der Waals surface area contributed by atoms with Crippen LogP contribution in [0.1, 0.15) is 18.1 Å². The summed E-state index contributed by atoms with van der Waals surface area (Å²) in [5.41, 5.74) is -1.27. The highest BCUT2D eigenvalue weighted by molar-refractivity contribution is 7.99. The minimum absolute atomic E-state index is 0.0130. The van der Waals surface area contributed by atoms with Gasteiger partial charge in [-0.1, -0.05) is 13.0 Å². The first-order chi connectivity index (χ1) is 10.2. The fourth-order valence-corrected chi connectivity index (χ4v) is 2.53. The average Bonchev–Trinajstić information content (AvgIpc) is 2.44. The highest BCUT2D eigenvalue weighted by Gasteiger charge is 2.33. The molecule has 1 amide bonds. The van der Waals surface area contributed by atoms with E-state index in [0.29, 0.717) is 11.8 Å². The topological polar surface area (TPSA) is 49.3 Å². The number of amides is 1. The number of aliphatic hydroxyl groups excluding tert-OH is 1. The van der Waals surface area contributed by atoms with E-state index in [4.69, 9.17) is 5.11 Å². The maximum absolute atomic E-state index is 12.9. The van der Waals surface area contributed by atoms with Gasteiger partial charge in [0.05, 0.1) is 11.3 Å². The van der Waals surface area contributed by atoms with Crippen LogP contribution in [0.2, 0.25) is 0 Å². The van der Waals surface area contributed by atoms with Crippen LogP contribution in [-0.2, 0) is 17.5 Å². The van der Waals surface area contributed by atoms with E-state index >= 15 is 0 Å². The summed E-state index contributed by atoms with van der Waals surface area (Å²) in [5, 5.41) is 11.2. The number of alkyl halides is 3. The zero-order valence-electron chi connectivity index (χ0n) is 11.9. The fourth-order valence-electron chi connectivity index (χ4n) is 1.62. The highest BCUT2D eigenvalue weighted by atomic mass is 32.2. The van der Waals surface area contributed by atoms with Gasteiger partial charge in [-0.15, -0.1) is 0 Å². The van der Waals surface area contributed by atoms with E-state index in [1.165, 1.54) is 11.8 Å². The molecular formula is C14H17F4NO2S. The van der Waals surface area contributed by atoms with E-state index in [1.807, 2.05) is 6.92 Å². The van der Waals surface area contributed by atoms with E-state index in [2.05, 4.69) is 5.32 Å². The van der Waals surface area contributed by atoms with E-state index in [-0.39, 0.29) is 30.4 Å². The van der Waals surface area contributed by atoms with Crippen LogP contribution in [0.4, 0.5) is 17.6 Å². The van der Waals surface area contributed by atoms with Crippen LogP contribution in [0.15, 0.2) is 18.2 Å². The van der Waals surface area contributed by atoms with Crippen molar-refractivity contribution in [1.29, 1.82) is 0 Å². The van der Waals surface area contributed by atoms with E-state index < -0.39 is 23.5 Å². The maximum Gasteiger partial charge on any atom is 0.416 e. The molecule has 0 saturated heterocycles. The molecule has 0 heterocycles. The molecule has 0 aliphatic rings. The van der Waals surface area contributed by atoms with Crippen molar-refractivity contribution < 1.29 is 27.5 Å². The van der Waals surface area contributed by atoms with Gasteiger partial charge in [-0.25, -0.2) is 4.39 Å². The number of rotatable bonds is 7. The van der Waals surface area contributed by atoms with Crippen molar-refractivity contribution in [2.45, 2.75) is 19.6 Å². The second-order valence-corrected chi connectivity index (χ2v) is 5.91. The standard InChI is InChI=1S/C14H17F4NO2S/c1-9(6-20)7-22-8-13(21)19-5-10-2-3-11(15)4-12(10)14(16,17)18/h2-4,9,20H,5-8H2,1H3,(H,19,21). The molecule has 0 aromatic heterocycles. The van der Waals surface area contributed by atoms with Gasteiger partial charge in [0.2, 0.25) is 5.91 Å². The molecule has 1 unspecified atom stereocenters. The van der Waals surface area contributed by atoms with Crippen molar-refractivity contribution >= 4 is 17.7 Å². The Hall–Kier alpha value is -1.28. The average molecular weight is 339 g/mol. The number of hydrogen-bond acceptors (Lipinski definition) is 3. The Kier molecular flexibility index (Phi) is 7.15. The molecule has 0 aliphatic carbocycles. The third kappa shape index (κ3) is 6.23. The molecule has 1 aromatic rings. The fraction of sp³-hybridized carbons (Fsp3) is 0.500. The number of carbonyl (C=O) groups is 1. The van der Waals surface area contributed by atoms with E-state index in [1.54, 1.807) is 0 Å². The van der Waals surface area contributed by atoms with Crippen LogP contribution >= 0.6 is 11.8 Å². The molecule has 1 atom stereocenters. The number of nitrogens with one attached hydrogen (secondary N) is 1. The Labute approximate surface area is 130 Å². The number of benzene rings is 1. The summed E-state index contributed by atoms with van der Waals surface area (Å²) in [5.74, 6) is -0.670. The monoisotopic (exact) mass is 339 g/mol. The third-order valence-electron chi connectivity index (χ3n) is 2.80. The lowest BCUT2D eigenvalue weighted by atomic mass is 10.1. The maximum atomic E-state index is 12.9. The van der Waals surface area contributed by atoms with Gasteiger partial charge in [0.25, 0.3) is 0 Å². The lowest BCUT2D eigenvalue weighted by Gasteiger charge is -2.14. The largest absolute Gasteiger partial charge is 0.416 e. The van der Waals surface area contributed by atoms with Gasteiger partial charge < -0.3 is 10.4 Å². The SMILES string of the molecule is CC(CO)CSCC(=O)NCc1ccc(F)cc1C(F)(F)F. The molecule has 3 nitrogen and oxygen atoms in total. The van der Waals surface area contributed by atoms with E-state index in [9.17, 15) is 22.4 Å². The highest BCUT2D eigenvalue weighted by Crippen LogP contribution is 2.32. The van der Waals surface area contributed by atoms with Gasteiger partial charge in [0.15, 0.2) is 0 Å². The first kappa shape index (κ1) is 18.8. The Bertz CT molecular complexity index is 508. The summed E-state index contributed by atoms with van der Waals surface area (Å²) in [6, 6.07) is 2.35. The Morgan fingerprint density at radius 3 is 2.68 bits per heavy atom. The van der Waals surface area contributed by atoms with Crippen molar-refractivity contribution in [2.24, 2.45) is 5.92 Å². The zero-order chi connectivity index (χ0) is 16.8. The minimum Gasteiger partial charge on any atom is -0.396 e. The zero-order valence-corrected chi connectivity index (χ0v) is 12.7. The molecule has 0 aliphatic heterocycles. The molecule has 0 spiro atoms. The van der Waals surface area contributed by atoms with Gasteiger partial charge in [0.1, 0.15) is 5.82 Å². The molecule has 8 heteroatoms. The Morgan fingerprint density at radius 2 is 2.09 bits per heavy atom. The molecule has 0 radical (unpaired) electrons. The molecule has 1 aromatic carbocycles. The smallest absolute Gasteiger partial charge is 0.396 e. The number of halogens is 4. The minimum atomic E-state index is -4.67. The molecule has 0 fully saturated rings. The van der Waals surface area contributed by atoms with Gasteiger partial charge in [0, 0.05) is 13.2 Å². The predicted molar refractivity (Wildman–Crippen MR) is 76.8 cm³/mol. The number of carbonyl (C=O) groups excluding carboxylic acids is 1.